The zero-order valence-corrected chi connectivity index (χ0v) is 74.4. The Hall–Kier alpha value is -15.8. The van der Waals surface area contributed by atoms with E-state index in [0.29, 0.717) is 46.3 Å². The van der Waals surface area contributed by atoms with Gasteiger partial charge in [0.15, 0.2) is 17.2 Å². The van der Waals surface area contributed by atoms with Gasteiger partial charge in [0, 0.05) is 126 Å². The van der Waals surface area contributed by atoms with Gasteiger partial charge in [-0.1, -0.05) is 67.1 Å². The normalized spacial score (nSPS) is 11.1. The zero-order valence-electron chi connectivity index (χ0n) is 72.7. The first kappa shape index (κ1) is 91.4. The molecule has 128 heavy (non-hydrogen) atoms. The minimum atomic E-state index is 0. The Labute approximate surface area is 747 Å². The predicted molar refractivity (Wildman–Crippen MR) is 531 cm³/mol. The van der Waals surface area contributed by atoms with Crippen LogP contribution in [0.1, 0.15) is 84.9 Å². The number of pyridine rings is 7. The second-order valence-corrected chi connectivity index (χ2v) is 33.0. The fourth-order valence-electron chi connectivity index (χ4n) is 13.9. The minimum Gasteiger partial charge on any atom is -0.461 e. The first-order chi connectivity index (χ1) is 61.2. The number of hydrogen-bond donors (Lipinski definition) is 15. The molecule has 24 rings (SSSR count). The van der Waals surface area contributed by atoms with Gasteiger partial charge < -0.3 is 74.6 Å². The molecule has 19 heterocycles. The van der Waals surface area contributed by atoms with Gasteiger partial charge in [0.05, 0.1) is 50.1 Å². The maximum Gasteiger partial charge on any atom is 0.176 e. The molecule has 17 aromatic heterocycles. The van der Waals surface area contributed by atoms with Crippen molar-refractivity contribution >= 4 is 183 Å². The summed E-state index contributed by atoms with van der Waals surface area (Å²) in [5, 5.41) is 39.4. The minimum absolute atomic E-state index is 0. The van der Waals surface area contributed by atoms with E-state index >= 15 is 0 Å². The van der Waals surface area contributed by atoms with Gasteiger partial charge in [0.25, 0.3) is 0 Å². The molecule has 0 bridgehead atoms. The van der Waals surface area contributed by atoms with Crippen molar-refractivity contribution in [1.82, 2.24) is 90.6 Å². The number of hydrogen-bond acceptors (Lipinski definition) is 25. The van der Waals surface area contributed by atoms with Crippen LogP contribution in [0.25, 0.3) is 108 Å². The number of imidazole rings is 1. The fraction of sp³-hybridized carbons (Fsp3) is 0.175. The van der Waals surface area contributed by atoms with Gasteiger partial charge in [-0.05, 0) is 250 Å². The summed E-state index contributed by atoms with van der Waals surface area (Å²) >= 11 is 3.44. The summed E-state index contributed by atoms with van der Waals surface area (Å²) in [4.78, 5) is 43.8. The molecule has 0 atom stereocenters. The number of aromatic nitrogens is 18. The summed E-state index contributed by atoms with van der Waals surface area (Å²) < 4.78 is 13.0. The summed E-state index contributed by atoms with van der Waals surface area (Å²) in [6.07, 6.45) is 17.9. The van der Waals surface area contributed by atoms with Crippen molar-refractivity contribution in [1.29, 1.82) is 0 Å². The van der Waals surface area contributed by atoms with Crippen LogP contribution in [0.5, 0.6) is 0 Å². The van der Waals surface area contributed by atoms with Crippen molar-refractivity contribution in [2.45, 2.75) is 103 Å². The third-order valence-corrected chi connectivity index (χ3v) is 22.1. The fourth-order valence-corrected chi connectivity index (χ4v) is 15.7. The number of nitrogen functional groups attached to an aromatic ring is 7. The van der Waals surface area contributed by atoms with Crippen LogP contribution in [0.2, 0.25) is 0 Å². The van der Waals surface area contributed by atoms with E-state index in [2.05, 4.69) is 222 Å². The highest BCUT2D eigenvalue weighted by Gasteiger charge is 2.12. The number of benzene rings is 5. The molecule has 31 heteroatoms. The largest absolute Gasteiger partial charge is 0.461 e. The monoisotopic (exact) mass is 1750 g/mol. The van der Waals surface area contributed by atoms with Gasteiger partial charge in [-0.25, -0.2) is 39.9 Å². The summed E-state index contributed by atoms with van der Waals surface area (Å²) in [6.45, 7) is 26.5. The first-order valence-electron chi connectivity index (χ1n) is 40.8. The molecule has 654 valence electrons. The molecule has 0 spiro atoms. The molecule has 0 radical (unpaired) electrons. The average Bonchev–Trinajstić information content (AvgIpc) is 1.69. The maximum atomic E-state index is 5.67. The highest BCUT2D eigenvalue weighted by molar-refractivity contribution is 7.19. The highest BCUT2D eigenvalue weighted by Crippen LogP contribution is 2.31. The van der Waals surface area contributed by atoms with Crippen molar-refractivity contribution in [3.63, 3.8) is 0 Å². The third-order valence-electron chi connectivity index (χ3n) is 19.9. The van der Waals surface area contributed by atoms with E-state index in [4.69, 9.17) is 49.0 Å². The Morgan fingerprint density at radius 2 is 0.930 bits per heavy atom. The molecular weight excluding hydrogens is 1640 g/mol. The van der Waals surface area contributed by atoms with Crippen LogP contribution < -0.4 is 50.8 Å². The molecule has 22 N–H and O–H groups in total. The zero-order chi connectivity index (χ0) is 89.8. The van der Waals surface area contributed by atoms with E-state index in [1.165, 1.54) is 93.8 Å². The van der Waals surface area contributed by atoms with E-state index in [9.17, 15) is 0 Å². The van der Waals surface area contributed by atoms with Crippen molar-refractivity contribution < 1.29 is 8.83 Å². The lowest BCUT2D eigenvalue weighted by molar-refractivity contribution is 0.578. The Morgan fingerprint density at radius 3 is 1.66 bits per heavy atom. The summed E-state index contributed by atoms with van der Waals surface area (Å²) in [7, 11) is 0. The van der Waals surface area contributed by atoms with Crippen LogP contribution in [0.3, 0.4) is 0 Å². The molecule has 0 fully saturated rings. The SMILES string of the molecule is C.Cc1cc2c(N)nccc2[nH]1.Cc1cc2c(N)nccc2o1.Cc1cc2c(N)nccc2s1.Cc1cc2ccnc(N)c2[nH]1.Cc1cc2ccnc(N)c2o1.Cc1cc2ccnc(N)c2s1.Cc1ccc2[nH]ncc2c1.Cc1ccc2c(c1)CCN2.Cc1ccc2c(c1)NCC2.Cc1ccc2cn[nH]c2c1.Cc1ccc2n[nH]nc2c1.Cc1nc2c(N)nccc2[nH]1. The topological polar surface area (TPSA) is 482 Å². The van der Waals surface area contributed by atoms with E-state index in [1.54, 1.807) is 72.1 Å². The number of H-pyrrole nitrogens is 6. The number of nitrogens with one attached hydrogen (secondary N) is 8. The number of aryl methyl sites for hydroxylation is 12. The molecule has 0 aliphatic carbocycles. The number of nitrogens with two attached hydrogens (primary N) is 7. The lowest BCUT2D eigenvalue weighted by Crippen LogP contribution is -1.90. The number of rotatable bonds is 0. The Kier molecular flexibility index (Phi) is 30.4. The van der Waals surface area contributed by atoms with Gasteiger partial charge in [-0.3, -0.25) is 10.2 Å². The standard InChI is InChI=1S/2C9H11N.2C8H9N3.2C8H8N2O.2C8H8N2S.2C8H8N2.C7H8N4.C7H7N3.CH4/c1-7-2-3-9-8(6-7)4-5-10-9;1-7-2-3-8-4-5-10-9(8)6-7;1-5-4-6-7(11-5)2-3-10-8(6)9;1-5-4-6-2-3-10-8(9)7(6)11-5;1-5-4-6-7(11-5)2-3-10-8(6)9;1-5-4-6-2-3-10-8(9)7(6)11-5;1-5-4-6-7(11-5)2-3-10-8(6)9;1-5-4-6-2-3-10-8(9)7(6)11-5;1-6-2-3-8-7(4-6)5-9-10-8;1-6-2-3-7-5-9-10-8(7)4-6;1-4-10-5-2-3-9-7(8)6(5)11-4;1-5-2-3-6-7(4-5)9-10-8-6;/h2*2-3,6,10H,4-5H2,1H3;2*2-4,11H,1H3,(H2,9,10);4*2-4H,1H3,(H2,9,10);2*2-5H,1H3,(H,9,10);2-3H,1H3,(H2,8,9)(H,10,11);2-4H,1H3,(H,8,9,10);1H4. The molecular formula is C97H107N27O2S2. The predicted octanol–water partition coefficient (Wildman–Crippen LogP) is 21.1. The number of nitrogens with zero attached hydrogens (tertiary/aromatic N) is 12. The van der Waals surface area contributed by atoms with Crippen LogP contribution in [0.4, 0.5) is 52.1 Å². The second-order valence-electron chi connectivity index (χ2n) is 30.4. The maximum absolute atomic E-state index is 5.67. The number of anilines is 9. The molecule has 0 unspecified atom stereocenters. The Balaban J connectivity index is 0.000000127. The molecule has 22 aromatic rings. The second kappa shape index (κ2) is 42.6. The smallest absolute Gasteiger partial charge is 0.176 e. The van der Waals surface area contributed by atoms with Gasteiger partial charge in [0.2, 0.25) is 0 Å². The van der Waals surface area contributed by atoms with Gasteiger partial charge in [-0.15, -0.1) is 22.7 Å². The third kappa shape index (κ3) is 24.2. The van der Waals surface area contributed by atoms with Crippen molar-refractivity contribution in [2.75, 3.05) is 63.9 Å². The molecule has 0 amide bonds. The van der Waals surface area contributed by atoms with Gasteiger partial charge >= 0.3 is 0 Å². The summed E-state index contributed by atoms with van der Waals surface area (Å²) in [5.74, 6) is 6.47. The molecule has 29 nitrogen and oxygen atoms in total. The number of thiophene rings is 2. The van der Waals surface area contributed by atoms with Crippen LogP contribution in [-0.4, -0.2) is 104 Å². The van der Waals surface area contributed by atoms with E-state index < -0.39 is 0 Å². The Bertz CT molecular complexity index is 6430. The highest BCUT2D eigenvalue weighted by atomic mass is 32.1. The first-order valence-corrected chi connectivity index (χ1v) is 42.5. The molecule has 2 aliphatic rings. The number of aromatic amines is 6. The molecule has 2 aliphatic heterocycles. The number of fused-ring (bicyclic) bond motifs is 12. The van der Waals surface area contributed by atoms with Gasteiger partial charge in [-0.2, -0.15) is 25.6 Å². The van der Waals surface area contributed by atoms with Gasteiger partial charge in [0.1, 0.15) is 68.6 Å². The molecule has 5 aromatic carbocycles. The summed E-state index contributed by atoms with van der Waals surface area (Å²) in [6, 6.07) is 57.0. The van der Waals surface area contributed by atoms with Crippen LogP contribution in [0, 0.1) is 83.1 Å². The van der Waals surface area contributed by atoms with E-state index in [0.717, 1.165) is 123 Å². The number of furan rings is 2. The van der Waals surface area contributed by atoms with Crippen LogP contribution in [0.15, 0.2) is 234 Å². The summed E-state index contributed by atoms with van der Waals surface area (Å²) in [5.41, 5.74) is 62.8. The van der Waals surface area contributed by atoms with E-state index in [1.807, 2.05) is 139 Å². The molecule has 0 saturated heterocycles. The lowest BCUT2D eigenvalue weighted by Gasteiger charge is -1.98. The molecule has 0 saturated carbocycles. The van der Waals surface area contributed by atoms with Crippen LogP contribution >= 0.6 is 22.7 Å². The van der Waals surface area contributed by atoms with Crippen molar-refractivity contribution in [3.05, 3.63) is 303 Å². The Morgan fingerprint density at radius 1 is 0.359 bits per heavy atom. The van der Waals surface area contributed by atoms with E-state index in [-0.39, 0.29) is 7.43 Å². The lowest BCUT2D eigenvalue weighted by atomic mass is 10.1. The average molecular weight is 1750 g/mol. The van der Waals surface area contributed by atoms with Crippen molar-refractivity contribution in [2.24, 2.45) is 0 Å². The quantitative estimate of drug-likeness (QED) is 0.0670. The van der Waals surface area contributed by atoms with Crippen molar-refractivity contribution in [3.8, 4) is 0 Å². The van der Waals surface area contributed by atoms with Crippen LogP contribution in [-0.2, 0) is 12.8 Å².